The molecule has 0 fully saturated rings. The Morgan fingerprint density at radius 1 is 0.926 bits per heavy atom. The maximum absolute atomic E-state index is 11.8. The molecule has 1 amide bonds. The van der Waals surface area contributed by atoms with Crippen LogP contribution in [0.3, 0.4) is 0 Å². The molecule has 3 nitrogen and oxygen atoms in total. The van der Waals surface area contributed by atoms with Crippen molar-refractivity contribution in [2.75, 3.05) is 11.4 Å². The van der Waals surface area contributed by atoms with E-state index in [1.807, 2.05) is 12.1 Å². The number of hydrogen-bond donors (Lipinski definition) is 1. The predicted molar refractivity (Wildman–Crippen MR) is 111 cm³/mol. The molecule has 0 bridgehead atoms. The molecule has 0 spiro atoms. The number of rotatable bonds is 4. The number of carbonyl (C=O) groups excluding carboxylic acids is 1. The van der Waals surface area contributed by atoms with E-state index in [0.717, 1.165) is 18.7 Å². The minimum atomic E-state index is -0.126. The van der Waals surface area contributed by atoms with Gasteiger partial charge in [0.05, 0.1) is 6.04 Å². The number of benzene rings is 3. The van der Waals surface area contributed by atoms with E-state index in [1.165, 1.54) is 28.5 Å². The molecule has 1 aliphatic heterocycles. The van der Waals surface area contributed by atoms with E-state index in [0.29, 0.717) is 0 Å². The van der Waals surface area contributed by atoms with Gasteiger partial charge in [0, 0.05) is 17.9 Å². The molecular weight excluding hydrogens is 332 g/mol. The molecule has 0 aromatic heterocycles. The molecule has 0 aliphatic carbocycles. The molecule has 134 valence electrons. The van der Waals surface area contributed by atoms with Gasteiger partial charge in [-0.1, -0.05) is 67.2 Å². The lowest BCUT2D eigenvalue weighted by atomic mass is 9.96. The van der Waals surface area contributed by atoms with E-state index >= 15 is 0 Å². The summed E-state index contributed by atoms with van der Waals surface area (Å²) in [7, 11) is 0. The van der Waals surface area contributed by atoms with Crippen molar-refractivity contribution >= 4 is 17.3 Å². The SMILES string of the molecule is C=CC(=O)NC1Cc2ccccc2N(c2ccc(-c3ccccc3)cc2)C1. The highest BCUT2D eigenvalue weighted by molar-refractivity contribution is 5.87. The molecular formula is C24H22N2O. The van der Waals surface area contributed by atoms with Crippen LogP contribution >= 0.6 is 0 Å². The molecule has 1 N–H and O–H groups in total. The first-order valence-corrected chi connectivity index (χ1v) is 9.18. The third kappa shape index (κ3) is 3.63. The summed E-state index contributed by atoms with van der Waals surface area (Å²) in [5.74, 6) is -0.126. The van der Waals surface area contributed by atoms with Gasteiger partial charge in [-0.15, -0.1) is 0 Å². The molecule has 3 aromatic carbocycles. The normalized spacial score (nSPS) is 15.7. The van der Waals surface area contributed by atoms with Gasteiger partial charge in [-0.05, 0) is 47.4 Å². The second-order valence-electron chi connectivity index (χ2n) is 6.77. The third-order valence-corrected chi connectivity index (χ3v) is 4.97. The van der Waals surface area contributed by atoms with Crippen molar-refractivity contribution < 1.29 is 4.79 Å². The highest BCUT2D eigenvalue weighted by Crippen LogP contribution is 2.34. The van der Waals surface area contributed by atoms with Crippen molar-refractivity contribution in [2.45, 2.75) is 12.5 Å². The average Bonchev–Trinajstić information content (AvgIpc) is 2.74. The summed E-state index contributed by atoms with van der Waals surface area (Å²) in [6.07, 6.45) is 2.16. The van der Waals surface area contributed by atoms with Crippen molar-refractivity contribution in [1.82, 2.24) is 5.32 Å². The van der Waals surface area contributed by atoms with Crippen molar-refractivity contribution in [3.8, 4) is 11.1 Å². The van der Waals surface area contributed by atoms with Crippen molar-refractivity contribution in [2.24, 2.45) is 0 Å². The van der Waals surface area contributed by atoms with Gasteiger partial charge in [0.15, 0.2) is 0 Å². The summed E-state index contributed by atoms with van der Waals surface area (Å²) in [5.41, 5.74) is 5.97. The molecule has 0 radical (unpaired) electrons. The van der Waals surface area contributed by atoms with Crippen molar-refractivity contribution in [3.05, 3.63) is 97.1 Å². The first-order chi connectivity index (χ1) is 13.2. The molecule has 27 heavy (non-hydrogen) atoms. The van der Waals surface area contributed by atoms with Gasteiger partial charge in [-0.2, -0.15) is 0 Å². The Labute approximate surface area is 160 Å². The van der Waals surface area contributed by atoms with Crippen LogP contribution in [0.2, 0.25) is 0 Å². The van der Waals surface area contributed by atoms with E-state index < -0.39 is 0 Å². The molecule has 3 heteroatoms. The van der Waals surface area contributed by atoms with Crippen LogP contribution in [0.5, 0.6) is 0 Å². The molecule has 4 rings (SSSR count). The zero-order valence-corrected chi connectivity index (χ0v) is 15.1. The molecule has 1 aliphatic rings. The van der Waals surface area contributed by atoms with Gasteiger partial charge >= 0.3 is 0 Å². The molecule has 0 saturated heterocycles. The highest BCUT2D eigenvalue weighted by Gasteiger charge is 2.25. The van der Waals surface area contributed by atoms with Crippen LogP contribution in [0, 0.1) is 0 Å². The van der Waals surface area contributed by atoms with Crippen LogP contribution in [0.25, 0.3) is 11.1 Å². The van der Waals surface area contributed by atoms with Gasteiger partial charge in [-0.25, -0.2) is 0 Å². The van der Waals surface area contributed by atoms with E-state index in [9.17, 15) is 4.79 Å². The fourth-order valence-corrected chi connectivity index (χ4v) is 3.66. The predicted octanol–water partition coefficient (Wildman–Crippen LogP) is 4.72. The summed E-state index contributed by atoms with van der Waals surface area (Å²) in [4.78, 5) is 14.1. The number of anilines is 2. The van der Waals surface area contributed by atoms with E-state index in [2.05, 4.69) is 83.5 Å². The van der Waals surface area contributed by atoms with Crippen molar-refractivity contribution in [1.29, 1.82) is 0 Å². The largest absolute Gasteiger partial charge is 0.348 e. The smallest absolute Gasteiger partial charge is 0.243 e. The zero-order valence-electron chi connectivity index (χ0n) is 15.1. The number of nitrogens with one attached hydrogen (secondary N) is 1. The van der Waals surface area contributed by atoms with Gasteiger partial charge < -0.3 is 10.2 Å². The Kier molecular flexibility index (Phi) is 4.75. The summed E-state index contributed by atoms with van der Waals surface area (Å²) in [6.45, 7) is 4.30. The highest BCUT2D eigenvalue weighted by atomic mass is 16.1. The topological polar surface area (TPSA) is 32.3 Å². The maximum atomic E-state index is 11.8. The number of nitrogens with zero attached hydrogens (tertiary/aromatic N) is 1. The fraction of sp³-hybridized carbons (Fsp3) is 0.125. The first kappa shape index (κ1) is 17.1. The monoisotopic (exact) mass is 354 g/mol. The first-order valence-electron chi connectivity index (χ1n) is 9.18. The van der Waals surface area contributed by atoms with Crippen LogP contribution in [0.1, 0.15) is 5.56 Å². The van der Waals surface area contributed by atoms with Crippen molar-refractivity contribution in [3.63, 3.8) is 0 Å². The number of amides is 1. The lowest BCUT2D eigenvalue weighted by molar-refractivity contribution is -0.117. The maximum Gasteiger partial charge on any atom is 0.243 e. The Balaban J connectivity index is 1.65. The van der Waals surface area contributed by atoms with Crippen LogP contribution in [0.15, 0.2) is 91.5 Å². The molecule has 1 unspecified atom stereocenters. The average molecular weight is 354 g/mol. The molecule has 0 saturated carbocycles. The number of hydrogen-bond acceptors (Lipinski definition) is 2. The summed E-state index contributed by atoms with van der Waals surface area (Å²) in [5, 5.41) is 3.05. The minimum Gasteiger partial charge on any atom is -0.348 e. The molecule has 3 aromatic rings. The Hall–Kier alpha value is -3.33. The van der Waals surface area contributed by atoms with E-state index in [4.69, 9.17) is 0 Å². The summed E-state index contributed by atoms with van der Waals surface area (Å²) in [6, 6.07) is 27.4. The number of fused-ring (bicyclic) bond motifs is 1. The summed E-state index contributed by atoms with van der Waals surface area (Å²) >= 11 is 0. The Morgan fingerprint density at radius 2 is 1.59 bits per heavy atom. The number of para-hydroxylation sites is 1. The lowest BCUT2D eigenvalue weighted by Crippen LogP contribution is -2.46. The van der Waals surface area contributed by atoms with Gasteiger partial charge in [0.1, 0.15) is 0 Å². The van der Waals surface area contributed by atoms with E-state index in [-0.39, 0.29) is 11.9 Å². The third-order valence-electron chi connectivity index (χ3n) is 4.97. The molecule has 1 heterocycles. The van der Waals surface area contributed by atoms with Crippen LogP contribution < -0.4 is 10.2 Å². The van der Waals surface area contributed by atoms with Crippen LogP contribution in [-0.4, -0.2) is 18.5 Å². The second-order valence-corrected chi connectivity index (χ2v) is 6.77. The van der Waals surface area contributed by atoms with Crippen LogP contribution in [-0.2, 0) is 11.2 Å². The standard InChI is InChI=1S/C24H22N2O/c1-2-24(27)25-21-16-20-10-6-7-11-23(20)26(17-21)22-14-12-19(13-15-22)18-8-4-3-5-9-18/h2-15,21H,1,16-17H2,(H,25,27). The number of carbonyl (C=O) groups is 1. The van der Waals surface area contributed by atoms with E-state index in [1.54, 1.807) is 0 Å². The van der Waals surface area contributed by atoms with Gasteiger partial charge in [0.2, 0.25) is 5.91 Å². The Morgan fingerprint density at radius 3 is 2.33 bits per heavy atom. The fourth-order valence-electron chi connectivity index (χ4n) is 3.66. The van der Waals surface area contributed by atoms with Crippen LogP contribution in [0.4, 0.5) is 11.4 Å². The molecule has 1 atom stereocenters. The summed E-state index contributed by atoms with van der Waals surface area (Å²) < 4.78 is 0. The van der Waals surface area contributed by atoms with Gasteiger partial charge in [-0.3, -0.25) is 4.79 Å². The quantitative estimate of drug-likeness (QED) is 0.688. The lowest BCUT2D eigenvalue weighted by Gasteiger charge is -2.36. The minimum absolute atomic E-state index is 0.0548. The second kappa shape index (κ2) is 7.50. The Bertz CT molecular complexity index is 948. The van der Waals surface area contributed by atoms with Gasteiger partial charge in [0.25, 0.3) is 0 Å². The zero-order chi connectivity index (χ0) is 18.6.